The van der Waals surface area contributed by atoms with E-state index in [4.69, 9.17) is 34.8 Å². The molecule has 1 N–H and O–H groups in total. The highest BCUT2D eigenvalue weighted by Crippen LogP contribution is 2.34. The van der Waals surface area contributed by atoms with E-state index in [1.165, 1.54) is 24.4 Å². The van der Waals surface area contributed by atoms with E-state index in [9.17, 15) is 9.59 Å². The van der Waals surface area contributed by atoms with Gasteiger partial charge in [0.15, 0.2) is 6.29 Å². The Kier molecular flexibility index (Phi) is 3.76. The normalized spacial score (nSPS) is 10.4. The van der Waals surface area contributed by atoms with Crippen molar-refractivity contribution in [1.29, 1.82) is 0 Å². The molecule has 0 aliphatic rings. The summed E-state index contributed by atoms with van der Waals surface area (Å²) >= 11 is 17.6. The summed E-state index contributed by atoms with van der Waals surface area (Å²) in [5.41, 5.74) is 0.522. The lowest BCUT2D eigenvalue weighted by Crippen LogP contribution is -2.10. The molecule has 0 saturated carbocycles. The molecule has 0 atom stereocenters. The average Bonchev–Trinajstić information content (AvgIpc) is 2.35. The molecule has 18 heavy (non-hydrogen) atoms. The maximum atomic E-state index is 11.8. The predicted molar refractivity (Wildman–Crippen MR) is 72.9 cm³/mol. The molecule has 0 amide bonds. The smallest absolute Gasteiger partial charge is 0.256 e. The van der Waals surface area contributed by atoms with Gasteiger partial charge < -0.3 is 4.98 Å². The molecule has 0 aliphatic carbocycles. The summed E-state index contributed by atoms with van der Waals surface area (Å²) in [5, 5.41) is 0.653. The molecule has 2 rings (SSSR count). The third-order valence-electron chi connectivity index (χ3n) is 2.39. The van der Waals surface area contributed by atoms with Crippen LogP contribution in [0.5, 0.6) is 0 Å². The van der Waals surface area contributed by atoms with Crippen molar-refractivity contribution in [1.82, 2.24) is 4.98 Å². The highest BCUT2D eigenvalue weighted by Gasteiger charge is 2.13. The summed E-state index contributed by atoms with van der Waals surface area (Å²) in [7, 11) is 0. The maximum absolute atomic E-state index is 11.8. The Hall–Kier alpha value is -1.29. The van der Waals surface area contributed by atoms with Crippen LogP contribution in [0.4, 0.5) is 0 Å². The number of rotatable bonds is 2. The molecule has 0 spiro atoms. The molecule has 0 radical (unpaired) electrons. The largest absolute Gasteiger partial charge is 0.329 e. The molecule has 1 heterocycles. The number of hydrogen-bond acceptors (Lipinski definition) is 2. The predicted octanol–water partition coefficient (Wildman–Crippen LogP) is 3.81. The molecule has 2 aromatic rings. The number of carbonyl (C=O) groups excluding carboxylic acids is 1. The number of aldehydes is 1. The Morgan fingerprint density at radius 2 is 1.72 bits per heavy atom. The van der Waals surface area contributed by atoms with E-state index in [2.05, 4.69) is 4.98 Å². The van der Waals surface area contributed by atoms with Crippen molar-refractivity contribution in [2.24, 2.45) is 0 Å². The van der Waals surface area contributed by atoms with Gasteiger partial charge in [-0.2, -0.15) is 0 Å². The minimum Gasteiger partial charge on any atom is -0.329 e. The van der Waals surface area contributed by atoms with Gasteiger partial charge in [-0.1, -0.05) is 34.8 Å². The summed E-state index contributed by atoms with van der Waals surface area (Å²) in [4.78, 5) is 25.2. The number of nitrogens with one attached hydrogen (secondary N) is 1. The number of carbonyl (C=O) groups is 1. The fourth-order valence-electron chi connectivity index (χ4n) is 1.59. The second-order valence-corrected chi connectivity index (χ2v) is 4.70. The first-order valence-corrected chi connectivity index (χ1v) is 5.99. The first-order chi connectivity index (χ1) is 8.54. The fourth-order valence-corrected chi connectivity index (χ4v) is 2.19. The van der Waals surface area contributed by atoms with Crippen LogP contribution in [0.1, 0.15) is 10.4 Å². The summed E-state index contributed by atoms with van der Waals surface area (Å²) < 4.78 is 0. The number of pyridine rings is 1. The van der Waals surface area contributed by atoms with E-state index in [0.29, 0.717) is 11.8 Å². The van der Waals surface area contributed by atoms with Gasteiger partial charge in [0.25, 0.3) is 5.56 Å². The minimum absolute atomic E-state index is 0.210. The first kappa shape index (κ1) is 13.1. The second kappa shape index (κ2) is 5.14. The van der Waals surface area contributed by atoms with Crippen LogP contribution in [-0.4, -0.2) is 11.3 Å². The quantitative estimate of drug-likeness (QED) is 0.677. The molecule has 0 unspecified atom stereocenters. The van der Waals surface area contributed by atoms with Gasteiger partial charge in [-0.15, -0.1) is 0 Å². The third kappa shape index (κ3) is 2.29. The van der Waals surface area contributed by atoms with E-state index in [-0.39, 0.29) is 26.2 Å². The molecule has 6 heteroatoms. The Labute approximate surface area is 117 Å². The molecular formula is C12H6Cl3NO2. The lowest BCUT2D eigenvalue weighted by Gasteiger charge is -2.06. The van der Waals surface area contributed by atoms with Crippen molar-refractivity contribution in [3.05, 3.63) is 55.4 Å². The van der Waals surface area contributed by atoms with Crippen molar-refractivity contribution < 1.29 is 4.79 Å². The van der Waals surface area contributed by atoms with Crippen LogP contribution >= 0.6 is 34.8 Å². The number of benzene rings is 1. The Bertz CT molecular complexity index is 656. The zero-order valence-corrected chi connectivity index (χ0v) is 11.1. The topological polar surface area (TPSA) is 49.9 Å². The Morgan fingerprint density at radius 3 is 2.28 bits per heavy atom. The monoisotopic (exact) mass is 301 g/mol. The van der Waals surface area contributed by atoms with E-state index in [1.54, 1.807) is 0 Å². The Morgan fingerprint density at radius 1 is 1.11 bits per heavy atom. The standard InChI is InChI=1S/C12H6Cl3NO2/c13-8-3-7(4-9(14)11(8)15)10-6(5-17)1-2-16-12(10)18/h1-5H,(H,16,18). The van der Waals surface area contributed by atoms with Gasteiger partial charge in [0.1, 0.15) is 0 Å². The van der Waals surface area contributed by atoms with Crippen molar-refractivity contribution in [2.75, 3.05) is 0 Å². The zero-order chi connectivity index (χ0) is 13.3. The highest BCUT2D eigenvalue weighted by molar-refractivity contribution is 6.48. The molecule has 0 aliphatic heterocycles. The van der Waals surface area contributed by atoms with Gasteiger partial charge >= 0.3 is 0 Å². The molecular weight excluding hydrogens is 296 g/mol. The van der Waals surface area contributed by atoms with Gasteiger partial charge in [-0.25, -0.2) is 0 Å². The molecule has 0 bridgehead atoms. The van der Waals surface area contributed by atoms with Gasteiger partial charge in [-0.3, -0.25) is 9.59 Å². The van der Waals surface area contributed by atoms with Crippen molar-refractivity contribution >= 4 is 41.1 Å². The minimum atomic E-state index is -0.394. The van der Waals surface area contributed by atoms with E-state index in [1.807, 2.05) is 0 Å². The van der Waals surface area contributed by atoms with E-state index in [0.717, 1.165) is 0 Å². The number of H-pyrrole nitrogens is 1. The fraction of sp³-hybridized carbons (Fsp3) is 0. The lowest BCUT2D eigenvalue weighted by molar-refractivity contribution is 0.112. The number of aromatic amines is 1. The molecule has 0 saturated heterocycles. The molecule has 92 valence electrons. The number of aromatic nitrogens is 1. The van der Waals surface area contributed by atoms with E-state index < -0.39 is 5.56 Å². The maximum Gasteiger partial charge on any atom is 0.256 e. The van der Waals surface area contributed by atoms with Crippen molar-refractivity contribution in [2.45, 2.75) is 0 Å². The van der Waals surface area contributed by atoms with Crippen LogP contribution in [0, 0.1) is 0 Å². The summed E-state index contributed by atoms with van der Waals surface area (Å²) in [6, 6.07) is 4.49. The average molecular weight is 303 g/mol. The molecule has 1 aromatic carbocycles. The van der Waals surface area contributed by atoms with Gasteiger partial charge in [0.05, 0.1) is 20.6 Å². The van der Waals surface area contributed by atoms with Crippen LogP contribution in [0.25, 0.3) is 11.1 Å². The van der Waals surface area contributed by atoms with E-state index >= 15 is 0 Å². The summed E-state index contributed by atoms with van der Waals surface area (Å²) in [6.45, 7) is 0. The van der Waals surface area contributed by atoms with Crippen molar-refractivity contribution in [3.8, 4) is 11.1 Å². The highest BCUT2D eigenvalue weighted by atomic mass is 35.5. The van der Waals surface area contributed by atoms with Crippen LogP contribution in [0.2, 0.25) is 15.1 Å². The zero-order valence-electron chi connectivity index (χ0n) is 8.84. The summed E-state index contributed by atoms with van der Waals surface area (Å²) in [6.07, 6.45) is 2.00. The molecule has 3 nitrogen and oxygen atoms in total. The third-order valence-corrected chi connectivity index (χ3v) is 3.59. The number of hydrogen-bond donors (Lipinski definition) is 1. The molecule has 1 aromatic heterocycles. The van der Waals surface area contributed by atoms with Crippen LogP contribution in [-0.2, 0) is 0 Å². The van der Waals surface area contributed by atoms with Crippen molar-refractivity contribution in [3.63, 3.8) is 0 Å². The van der Waals surface area contributed by atoms with Crippen LogP contribution < -0.4 is 5.56 Å². The first-order valence-electron chi connectivity index (χ1n) is 4.86. The van der Waals surface area contributed by atoms with Gasteiger partial charge in [0.2, 0.25) is 0 Å². The second-order valence-electron chi connectivity index (χ2n) is 3.51. The van der Waals surface area contributed by atoms with Crippen LogP contribution in [0.15, 0.2) is 29.2 Å². The SMILES string of the molecule is O=Cc1cc[nH]c(=O)c1-c1cc(Cl)c(Cl)c(Cl)c1. The van der Waals surface area contributed by atoms with Crippen LogP contribution in [0.3, 0.4) is 0 Å². The lowest BCUT2D eigenvalue weighted by atomic mass is 10.0. The molecule has 0 fully saturated rings. The van der Waals surface area contributed by atoms with Gasteiger partial charge in [0, 0.05) is 11.8 Å². The summed E-state index contributed by atoms with van der Waals surface area (Å²) in [5.74, 6) is 0. The van der Waals surface area contributed by atoms with Gasteiger partial charge in [-0.05, 0) is 23.8 Å². The number of halogens is 3. The Balaban J connectivity index is 2.77.